The van der Waals surface area contributed by atoms with Crippen LogP contribution in [0.3, 0.4) is 0 Å². The molecule has 0 spiro atoms. The Morgan fingerprint density at radius 2 is 1.90 bits per heavy atom. The molecule has 8 nitrogen and oxygen atoms in total. The van der Waals surface area contributed by atoms with E-state index in [1.54, 1.807) is 0 Å². The van der Waals surface area contributed by atoms with E-state index in [9.17, 15) is 14.4 Å². The molecule has 0 aliphatic rings. The lowest BCUT2D eigenvalue weighted by Gasteiger charge is -2.22. The number of nitrogens with zero attached hydrogens (tertiary/aromatic N) is 1. The number of ether oxygens (including phenoxy) is 2. The normalized spacial score (nSPS) is 11.6. The van der Waals surface area contributed by atoms with Crippen molar-refractivity contribution >= 4 is 18.0 Å². The van der Waals surface area contributed by atoms with Gasteiger partial charge in [0.15, 0.2) is 0 Å². The molecule has 0 rings (SSSR count). The number of esters is 1. The van der Waals surface area contributed by atoms with E-state index in [0.717, 1.165) is 0 Å². The number of urea groups is 1. The minimum Gasteiger partial charge on any atom is -0.481 e. The van der Waals surface area contributed by atoms with Gasteiger partial charge in [0.25, 0.3) is 0 Å². The van der Waals surface area contributed by atoms with Crippen LogP contribution < -0.4 is 5.32 Å². The first-order chi connectivity index (χ1) is 9.42. The van der Waals surface area contributed by atoms with E-state index < -0.39 is 23.9 Å². The molecule has 0 bridgehead atoms. The smallest absolute Gasteiger partial charge is 0.317 e. The second-order valence-electron chi connectivity index (χ2n) is 4.23. The average molecular weight is 290 g/mol. The van der Waals surface area contributed by atoms with Crippen molar-refractivity contribution in [2.24, 2.45) is 5.92 Å². The fourth-order valence-electron chi connectivity index (χ4n) is 1.28. The number of hydrogen-bond donors (Lipinski definition) is 2. The number of hydrogen-bond acceptors (Lipinski definition) is 5. The number of nitrogens with one attached hydrogen (secondary N) is 1. The zero-order valence-electron chi connectivity index (χ0n) is 12.0. The molecule has 1 atom stereocenters. The zero-order valence-corrected chi connectivity index (χ0v) is 12.0. The molecule has 8 heteroatoms. The van der Waals surface area contributed by atoms with Crippen molar-refractivity contribution in [1.29, 1.82) is 0 Å². The summed E-state index contributed by atoms with van der Waals surface area (Å²) in [7, 11) is 2.78. The zero-order chi connectivity index (χ0) is 15.5. The number of rotatable bonds is 9. The van der Waals surface area contributed by atoms with Gasteiger partial charge in [-0.2, -0.15) is 0 Å². The summed E-state index contributed by atoms with van der Waals surface area (Å²) in [6, 6.07) is -0.431. The summed E-state index contributed by atoms with van der Waals surface area (Å²) in [5.74, 6) is -2.08. The van der Waals surface area contributed by atoms with E-state index in [-0.39, 0.29) is 19.5 Å². The van der Waals surface area contributed by atoms with Gasteiger partial charge >= 0.3 is 18.0 Å². The van der Waals surface area contributed by atoms with E-state index in [2.05, 4.69) is 10.1 Å². The van der Waals surface area contributed by atoms with Crippen LogP contribution in [-0.4, -0.2) is 68.4 Å². The molecule has 0 aromatic carbocycles. The van der Waals surface area contributed by atoms with Gasteiger partial charge in [0.05, 0.1) is 26.1 Å². The monoisotopic (exact) mass is 290 g/mol. The average Bonchev–Trinajstić information content (AvgIpc) is 2.43. The second-order valence-corrected chi connectivity index (χ2v) is 4.23. The van der Waals surface area contributed by atoms with Gasteiger partial charge in [0.1, 0.15) is 0 Å². The highest BCUT2D eigenvalue weighted by atomic mass is 16.5. The number of carbonyl (C=O) groups excluding carboxylic acids is 2. The van der Waals surface area contributed by atoms with Crippen LogP contribution in [0.1, 0.15) is 13.3 Å². The van der Waals surface area contributed by atoms with Gasteiger partial charge in [0.2, 0.25) is 0 Å². The first-order valence-corrected chi connectivity index (χ1v) is 6.23. The molecule has 116 valence electrons. The van der Waals surface area contributed by atoms with Crippen LogP contribution in [0, 0.1) is 5.92 Å². The highest BCUT2D eigenvalue weighted by Gasteiger charge is 2.17. The van der Waals surface area contributed by atoms with Crippen LogP contribution >= 0.6 is 0 Å². The third-order valence-corrected chi connectivity index (χ3v) is 2.65. The topological polar surface area (TPSA) is 105 Å². The van der Waals surface area contributed by atoms with Gasteiger partial charge in [-0.3, -0.25) is 9.59 Å². The van der Waals surface area contributed by atoms with Crippen molar-refractivity contribution in [3.8, 4) is 0 Å². The summed E-state index contributed by atoms with van der Waals surface area (Å²) in [4.78, 5) is 35.0. The van der Waals surface area contributed by atoms with Gasteiger partial charge in [-0.05, 0) is 0 Å². The van der Waals surface area contributed by atoms with E-state index in [4.69, 9.17) is 9.84 Å². The number of carboxylic acid groups (broad SMARTS) is 1. The predicted octanol–water partition coefficient (Wildman–Crippen LogP) is -0.0718. The van der Waals surface area contributed by atoms with Crippen molar-refractivity contribution in [2.45, 2.75) is 13.3 Å². The summed E-state index contributed by atoms with van der Waals surface area (Å²) >= 11 is 0. The standard InChI is InChI=1S/C12H22N2O6/c1-9(11(16)17)8-13-12(18)14(6-7-19-2)5-4-10(15)20-3/h9H,4-8H2,1-3H3,(H,13,18)(H,16,17). The Labute approximate surface area is 118 Å². The van der Waals surface area contributed by atoms with Gasteiger partial charge in [0, 0.05) is 26.7 Å². The number of aliphatic carboxylic acids is 1. The van der Waals surface area contributed by atoms with E-state index in [1.807, 2.05) is 0 Å². The Hall–Kier alpha value is -1.83. The van der Waals surface area contributed by atoms with Crippen LogP contribution in [0.4, 0.5) is 4.79 Å². The van der Waals surface area contributed by atoms with Crippen molar-refractivity contribution in [2.75, 3.05) is 40.5 Å². The quantitative estimate of drug-likeness (QED) is 0.576. The Kier molecular flexibility index (Phi) is 9.10. The van der Waals surface area contributed by atoms with Crippen LogP contribution in [0.2, 0.25) is 0 Å². The fraction of sp³-hybridized carbons (Fsp3) is 0.750. The Morgan fingerprint density at radius 1 is 1.25 bits per heavy atom. The molecule has 0 aromatic rings. The Morgan fingerprint density at radius 3 is 2.40 bits per heavy atom. The molecule has 1 unspecified atom stereocenters. The Balaban J connectivity index is 4.32. The summed E-state index contributed by atoms with van der Waals surface area (Å²) in [5, 5.41) is 11.2. The minimum atomic E-state index is -0.983. The molecular formula is C12H22N2O6. The highest BCUT2D eigenvalue weighted by Crippen LogP contribution is 1.97. The lowest BCUT2D eigenvalue weighted by Crippen LogP contribution is -2.44. The maximum atomic E-state index is 11.9. The van der Waals surface area contributed by atoms with Crippen molar-refractivity contribution < 1.29 is 29.0 Å². The van der Waals surface area contributed by atoms with Gasteiger partial charge in [-0.25, -0.2) is 4.79 Å². The van der Waals surface area contributed by atoms with E-state index in [1.165, 1.54) is 26.0 Å². The predicted molar refractivity (Wildman–Crippen MR) is 70.3 cm³/mol. The molecular weight excluding hydrogens is 268 g/mol. The van der Waals surface area contributed by atoms with Crippen molar-refractivity contribution in [3.05, 3.63) is 0 Å². The van der Waals surface area contributed by atoms with Crippen LogP contribution in [0.5, 0.6) is 0 Å². The molecule has 0 aliphatic heterocycles. The molecule has 2 amide bonds. The molecule has 0 saturated heterocycles. The number of methoxy groups -OCH3 is 2. The minimum absolute atomic E-state index is 0.0237. The highest BCUT2D eigenvalue weighted by molar-refractivity contribution is 5.77. The van der Waals surface area contributed by atoms with Crippen LogP contribution in [0.25, 0.3) is 0 Å². The third kappa shape index (κ3) is 7.57. The van der Waals surface area contributed by atoms with E-state index in [0.29, 0.717) is 13.2 Å². The molecule has 0 fully saturated rings. The maximum absolute atomic E-state index is 11.9. The molecule has 0 heterocycles. The summed E-state index contributed by atoms with van der Waals surface area (Å²) in [6.07, 6.45) is 0.0715. The molecule has 0 saturated carbocycles. The SMILES string of the molecule is COCCN(CCC(=O)OC)C(=O)NCC(C)C(=O)O. The second kappa shape index (κ2) is 10.0. The summed E-state index contributed by atoms with van der Waals surface area (Å²) in [6.45, 7) is 2.33. The lowest BCUT2D eigenvalue weighted by molar-refractivity contribution is -0.141. The maximum Gasteiger partial charge on any atom is 0.317 e. The third-order valence-electron chi connectivity index (χ3n) is 2.65. The van der Waals surface area contributed by atoms with Crippen molar-refractivity contribution in [3.63, 3.8) is 0 Å². The number of carboxylic acids is 1. The summed E-state index contributed by atoms with van der Waals surface area (Å²) < 4.78 is 9.40. The molecule has 0 aliphatic carbocycles. The number of amides is 2. The largest absolute Gasteiger partial charge is 0.481 e. The lowest BCUT2D eigenvalue weighted by atomic mass is 10.2. The molecule has 20 heavy (non-hydrogen) atoms. The first kappa shape index (κ1) is 18.2. The first-order valence-electron chi connectivity index (χ1n) is 6.23. The van der Waals surface area contributed by atoms with Gasteiger partial charge < -0.3 is 24.8 Å². The summed E-state index contributed by atoms with van der Waals surface area (Å²) in [5.41, 5.74) is 0. The van der Waals surface area contributed by atoms with Gasteiger partial charge in [-0.1, -0.05) is 6.92 Å². The van der Waals surface area contributed by atoms with Crippen LogP contribution in [-0.2, 0) is 19.1 Å². The Bertz CT molecular complexity index is 334. The van der Waals surface area contributed by atoms with E-state index >= 15 is 0 Å². The number of carbonyl (C=O) groups is 3. The molecule has 2 N–H and O–H groups in total. The van der Waals surface area contributed by atoms with Crippen LogP contribution in [0.15, 0.2) is 0 Å². The van der Waals surface area contributed by atoms with Gasteiger partial charge in [-0.15, -0.1) is 0 Å². The molecule has 0 radical (unpaired) electrons. The van der Waals surface area contributed by atoms with Crippen molar-refractivity contribution in [1.82, 2.24) is 10.2 Å². The fourth-order valence-corrected chi connectivity index (χ4v) is 1.28. The molecule has 0 aromatic heterocycles.